The highest BCUT2D eigenvalue weighted by atomic mass is 32.1. The van der Waals surface area contributed by atoms with Crippen molar-refractivity contribution in [2.75, 3.05) is 5.32 Å². The van der Waals surface area contributed by atoms with Gasteiger partial charge in [-0.25, -0.2) is 4.98 Å². The van der Waals surface area contributed by atoms with Gasteiger partial charge in [0.15, 0.2) is 0 Å². The van der Waals surface area contributed by atoms with Crippen molar-refractivity contribution in [3.63, 3.8) is 0 Å². The van der Waals surface area contributed by atoms with Gasteiger partial charge in [0.05, 0.1) is 17.5 Å². The number of aliphatic imine (C=N–C) groups is 1. The van der Waals surface area contributed by atoms with Crippen LogP contribution in [0.5, 0.6) is 0 Å². The van der Waals surface area contributed by atoms with Crippen LogP contribution in [0.1, 0.15) is 20.9 Å². The van der Waals surface area contributed by atoms with Crippen LogP contribution in [0.25, 0.3) is 11.1 Å². The molecule has 0 bridgehead atoms. The molecule has 4 nitrogen and oxygen atoms in total. The number of halogens is 3. The van der Waals surface area contributed by atoms with Gasteiger partial charge in [0.25, 0.3) is 5.91 Å². The molecule has 3 aromatic carbocycles. The third-order valence-corrected chi connectivity index (χ3v) is 5.31. The molecule has 4 aromatic rings. The van der Waals surface area contributed by atoms with Gasteiger partial charge < -0.3 is 5.32 Å². The van der Waals surface area contributed by atoms with Crippen molar-refractivity contribution in [2.24, 2.45) is 4.99 Å². The highest BCUT2D eigenvalue weighted by molar-refractivity contribution is 7.11. The number of hydrogen-bond donors (Lipinski definition) is 1. The van der Waals surface area contributed by atoms with Crippen molar-refractivity contribution in [1.29, 1.82) is 0 Å². The number of nitrogens with one attached hydrogen (secondary N) is 1. The zero-order chi connectivity index (χ0) is 22.6. The van der Waals surface area contributed by atoms with E-state index in [1.165, 1.54) is 23.5 Å². The van der Waals surface area contributed by atoms with Crippen LogP contribution >= 0.6 is 11.3 Å². The Morgan fingerprint density at radius 1 is 0.969 bits per heavy atom. The summed E-state index contributed by atoms with van der Waals surface area (Å²) in [5.41, 5.74) is 1.98. The lowest BCUT2D eigenvalue weighted by Crippen LogP contribution is -2.13. The van der Waals surface area contributed by atoms with Crippen molar-refractivity contribution in [3.05, 3.63) is 101 Å². The molecule has 0 aliphatic carbocycles. The number of carbonyl (C=O) groups is 1. The summed E-state index contributed by atoms with van der Waals surface area (Å²) in [5, 5.41) is 5.48. The fraction of sp³-hybridized carbons (Fsp3) is 0.0417. The summed E-state index contributed by atoms with van der Waals surface area (Å²) in [6, 6.07) is 18.5. The third kappa shape index (κ3) is 5.09. The van der Waals surface area contributed by atoms with Crippen LogP contribution in [0.2, 0.25) is 0 Å². The Morgan fingerprint density at radius 3 is 2.34 bits per heavy atom. The van der Waals surface area contributed by atoms with Crippen LogP contribution in [0.15, 0.2) is 89.4 Å². The predicted molar refractivity (Wildman–Crippen MR) is 121 cm³/mol. The van der Waals surface area contributed by atoms with Gasteiger partial charge in [-0.15, -0.1) is 11.3 Å². The number of anilines is 1. The van der Waals surface area contributed by atoms with Gasteiger partial charge in [-0.05, 0) is 53.6 Å². The van der Waals surface area contributed by atoms with Crippen molar-refractivity contribution in [1.82, 2.24) is 4.98 Å². The molecule has 0 fully saturated rings. The first-order valence-electron chi connectivity index (χ1n) is 9.52. The van der Waals surface area contributed by atoms with Gasteiger partial charge in [0, 0.05) is 22.8 Å². The molecule has 0 saturated heterocycles. The first-order valence-corrected chi connectivity index (χ1v) is 10.4. The number of benzene rings is 3. The molecule has 1 aromatic heterocycles. The average Bonchev–Trinajstić information content (AvgIpc) is 3.32. The Labute approximate surface area is 186 Å². The fourth-order valence-electron chi connectivity index (χ4n) is 3.03. The van der Waals surface area contributed by atoms with E-state index in [9.17, 15) is 18.0 Å². The molecule has 1 amide bonds. The average molecular weight is 451 g/mol. The molecule has 0 saturated carbocycles. The Morgan fingerprint density at radius 2 is 1.69 bits per heavy atom. The summed E-state index contributed by atoms with van der Waals surface area (Å²) < 4.78 is 38.5. The van der Waals surface area contributed by atoms with Crippen molar-refractivity contribution in [2.45, 2.75) is 6.18 Å². The van der Waals surface area contributed by atoms with E-state index in [2.05, 4.69) is 15.3 Å². The molecule has 160 valence electrons. The summed E-state index contributed by atoms with van der Waals surface area (Å²) in [7, 11) is 0. The van der Waals surface area contributed by atoms with Crippen LogP contribution in [0.4, 0.5) is 24.5 Å². The SMILES string of the molecule is O=C(Nc1ccc(N=Cc2nccs2)cc1)c1ccccc1-c1ccc(C(F)(F)F)cc1. The standard InChI is InChI=1S/C24H16F3N3OS/c25-24(26,27)17-7-5-16(6-8-17)20-3-1-2-4-21(20)23(31)30-19-11-9-18(10-12-19)29-15-22-28-13-14-32-22/h1-15H,(H,30,31). The molecule has 0 aliphatic heterocycles. The first kappa shape index (κ1) is 21.5. The molecule has 0 aliphatic rings. The second-order valence-electron chi connectivity index (χ2n) is 6.75. The Kier molecular flexibility index (Phi) is 6.13. The van der Waals surface area contributed by atoms with Crippen LogP contribution in [0, 0.1) is 0 Å². The van der Waals surface area contributed by atoms with E-state index in [-0.39, 0.29) is 5.91 Å². The van der Waals surface area contributed by atoms with Gasteiger partial charge in [0.2, 0.25) is 0 Å². The van der Waals surface area contributed by atoms with Gasteiger partial charge in [-0.3, -0.25) is 9.79 Å². The van der Waals surface area contributed by atoms with E-state index in [0.29, 0.717) is 28.1 Å². The monoisotopic (exact) mass is 451 g/mol. The number of aromatic nitrogens is 1. The first-order chi connectivity index (χ1) is 15.4. The summed E-state index contributed by atoms with van der Waals surface area (Å²) in [5.74, 6) is -0.362. The Bertz CT molecular complexity index is 1230. The number of amides is 1. The van der Waals surface area contributed by atoms with Crippen molar-refractivity contribution < 1.29 is 18.0 Å². The molecule has 0 spiro atoms. The molecule has 8 heteroatoms. The van der Waals surface area contributed by atoms with Gasteiger partial charge in [-0.2, -0.15) is 13.2 Å². The molecule has 1 N–H and O–H groups in total. The zero-order valence-electron chi connectivity index (χ0n) is 16.5. The maximum atomic E-state index is 12.9. The number of thiazole rings is 1. The fourth-order valence-corrected chi connectivity index (χ4v) is 3.53. The van der Waals surface area contributed by atoms with E-state index in [1.807, 2.05) is 5.38 Å². The van der Waals surface area contributed by atoms with Crippen LogP contribution in [-0.4, -0.2) is 17.1 Å². The number of alkyl halides is 3. The highest BCUT2D eigenvalue weighted by Gasteiger charge is 2.30. The minimum absolute atomic E-state index is 0.359. The molecular formula is C24H16F3N3OS. The number of rotatable bonds is 5. The van der Waals surface area contributed by atoms with E-state index >= 15 is 0 Å². The number of nitrogens with zero attached hydrogens (tertiary/aromatic N) is 2. The van der Waals surface area contributed by atoms with E-state index in [0.717, 1.165) is 17.1 Å². The van der Waals surface area contributed by atoms with Crippen molar-refractivity contribution in [3.8, 4) is 11.1 Å². The minimum Gasteiger partial charge on any atom is -0.322 e. The molecule has 0 atom stereocenters. The maximum Gasteiger partial charge on any atom is 0.416 e. The Balaban J connectivity index is 1.51. The lowest BCUT2D eigenvalue weighted by atomic mass is 9.98. The molecule has 32 heavy (non-hydrogen) atoms. The second kappa shape index (κ2) is 9.15. The van der Waals surface area contributed by atoms with Crippen LogP contribution in [-0.2, 0) is 6.18 Å². The molecule has 1 heterocycles. The highest BCUT2D eigenvalue weighted by Crippen LogP contribution is 2.32. The summed E-state index contributed by atoms with van der Waals surface area (Å²) in [6.07, 6.45) is -1.04. The summed E-state index contributed by atoms with van der Waals surface area (Å²) in [6.45, 7) is 0. The maximum absolute atomic E-state index is 12.9. The topological polar surface area (TPSA) is 54.4 Å². The minimum atomic E-state index is -4.41. The number of hydrogen-bond acceptors (Lipinski definition) is 4. The number of carbonyl (C=O) groups excluding carboxylic acids is 1. The zero-order valence-corrected chi connectivity index (χ0v) is 17.3. The largest absolute Gasteiger partial charge is 0.416 e. The van der Waals surface area contributed by atoms with Crippen molar-refractivity contribution >= 4 is 34.8 Å². The van der Waals surface area contributed by atoms with E-state index < -0.39 is 11.7 Å². The lowest BCUT2D eigenvalue weighted by Gasteiger charge is -2.12. The van der Waals surface area contributed by atoms with Crippen LogP contribution in [0.3, 0.4) is 0 Å². The molecular weight excluding hydrogens is 435 g/mol. The molecule has 4 rings (SSSR count). The predicted octanol–water partition coefficient (Wildman–Crippen LogP) is 6.83. The quantitative estimate of drug-likeness (QED) is 0.338. The molecule has 0 unspecified atom stereocenters. The Hall–Kier alpha value is -3.78. The van der Waals surface area contributed by atoms with Crippen LogP contribution < -0.4 is 5.32 Å². The summed E-state index contributed by atoms with van der Waals surface area (Å²) in [4.78, 5) is 21.3. The normalized spacial score (nSPS) is 11.6. The van der Waals surface area contributed by atoms with Gasteiger partial charge >= 0.3 is 6.18 Å². The summed E-state index contributed by atoms with van der Waals surface area (Å²) >= 11 is 1.48. The second-order valence-corrected chi connectivity index (χ2v) is 7.68. The smallest absolute Gasteiger partial charge is 0.322 e. The van der Waals surface area contributed by atoms with E-state index in [1.54, 1.807) is 60.9 Å². The third-order valence-electron chi connectivity index (χ3n) is 4.60. The van der Waals surface area contributed by atoms with Gasteiger partial charge in [-0.1, -0.05) is 30.3 Å². The van der Waals surface area contributed by atoms with E-state index in [4.69, 9.17) is 0 Å². The van der Waals surface area contributed by atoms with Gasteiger partial charge in [0.1, 0.15) is 5.01 Å². The lowest BCUT2D eigenvalue weighted by molar-refractivity contribution is -0.137. The molecule has 0 radical (unpaired) electrons.